The summed E-state index contributed by atoms with van der Waals surface area (Å²) in [7, 11) is -2.84. The van der Waals surface area contributed by atoms with E-state index >= 15 is 0 Å². The third-order valence-electron chi connectivity index (χ3n) is 4.71. The van der Waals surface area contributed by atoms with E-state index in [9.17, 15) is 13.2 Å². The molecule has 6 nitrogen and oxygen atoms in total. The van der Waals surface area contributed by atoms with Crippen LogP contribution in [0.4, 0.5) is 5.69 Å². The number of carbonyl (C=O) groups excluding carboxylic acids is 1. The van der Waals surface area contributed by atoms with Crippen LogP contribution in [0, 0.1) is 0 Å². The summed E-state index contributed by atoms with van der Waals surface area (Å²) in [5, 5.41) is 0.792. The van der Waals surface area contributed by atoms with Crippen molar-refractivity contribution in [3.8, 4) is 5.75 Å². The van der Waals surface area contributed by atoms with Crippen LogP contribution >= 0.6 is 11.6 Å². The summed E-state index contributed by atoms with van der Waals surface area (Å²) >= 11 is 6.21. The number of para-hydroxylation sites is 1. The van der Waals surface area contributed by atoms with Crippen molar-refractivity contribution in [1.29, 1.82) is 0 Å². The lowest BCUT2D eigenvalue weighted by Gasteiger charge is -2.24. The van der Waals surface area contributed by atoms with E-state index in [1.165, 1.54) is 43.6 Å². The minimum Gasteiger partial charge on any atom is -0.497 e. The number of halogens is 1. The zero-order chi connectivity index (χ0) is 22.0. The molecule has 0 N–H and O–H groups in total. The number of nitrogens with zero attached hydrogens (tertiary/aromatic N) is 2. The summed E-state index contributed by atoms with van der Waals surface area (Å²) in [5.74, 6) is -0.248. The van der Waals surface area contributed by atoms with Gasteiger partial charge in [-0.2, -0.15) is 4.31 Å². The molecule has 1 amide bonds. The molecule has 0 unspecified atom stereocenters. The lowest BCUT2D eigenvalue weighted by Crippen LogP contribution is -2.37. The van der Waals surface area contributed by atoms with Crippen LogP contribution in [-0.2, 0) is 10.0 Å². The molecule has 0 bridgehead atoms. The molecule has 4 rings (SSSR count). The van der Waals surface area contributed by atoms with Crippen molar-refractivity contribution < 1.29 is 17.9 Å². The number of amides is 1. The van der Waals surface area contributed by atoms with E-state index in [4.69, 9.17) is 16.3 Å². The lowest BCUT2D eigenvalue weighted by molar-refractivity contribution is 0.101. The third kappa shape index (κ3) is 3.85. The van der Waals surface area contributed by atoms with Crippen LogP contribution in [0.1, 0.15) is 10.4 Å². The molecule has 3 aromatic carbocycles. The maximum atomic E-state index is 13.8. The summed E-state index contributed by atoms with van der Waals surface area (Å²) in [5.41, 5.74) is 0.492. The number of pyridine rings is 1. The van der Waals surface area contributed by atoms with Gasteiger partial charge in [0.15, 0.2) is 0 Å². The molecule has 156 valence electrons. The highest BCUT2D eigenvalue weighted by molar-refractivity contribution is 7.93. The highest BCUT2D eigenvalue weighted by Crippen LogP contribution is 2.31. The van der Waals surface area contributed by atoms with Gasteiger partial charge in [-0.25, -0.2) is 8.42 Å². The van der Waals surface area contributed by atoms with Crippen LogP contribution in [0.5, 0.6) is 5.75 Å². The van der Waals surface area contributed by atoms with Crippen molar-refractivity contribution in [2.75, 3.05) is 11.4 Å². The fourth-order valence-electron chi connectivity index (χ4n) is 3.21. The first-order chi connectivity index (χ1) is 14.9. The molecule has 0 fully saturated rings. The van der Waals surface area contributed by atoms with E-state index in [1.54, 1.807) is 48.5 Å². The van der Waals surface area contributed by atoms with Crippen LogP contribution in [0.25, 0.3) is 10.9 Å². The molecule has 0 spiro atoms. The lowest BCUT2D eigenvalue weighted by atomic mass is 10.2. The maximum Gasteiger partial charge on any atom is 0.273 e. The molecular formula is C23H17ClN2O4S. The van der Waals surface area contributed by atoms with Crippen molar-refractivity contribution in [2.24, 2.45) is 0 Å². The molecule has 31 heavy (non-hydrogen) atoms. The van der Waals surface area contributed by atoms with Crippen LogP contribution in [-0.4, -0.2) is 26.4 Å². The van der Waals surface area contributed by atoms with E-state index in [2.05, 4.69) is 4.98 Å². The number of fused-ring (bicyclic) bond motifs is 1. The first-order valence-electron chi connectivity index (χ1n) is 9.25. The van der Waals surface area contributed by atoms with Gasteiger partial charge in [0.25, 0.3) is 15.9 Å². The second-order valence-electron chi connectivity index (χ2n) is 6.58. The fourth-order valence-corrected chi connectivity index (χ4v) is 5.00. The normalized spacial score (nSPS) is 11.3. The molecular weight excluding hydrogens is 436 g/mol. The molecule has 0 aliphatic heterocycles. The largest absolute Gasteiger partial charge is 0.497 e. The van der Waals surface area contributed by atoms with E-state index in [0.29, 0.717) is 11.1 Å². The zero-order valence-electron chi connectivity index (χ0n) is 16.4. The highest BCUT2D eigenvalue weighted by Gasteiger charge is 2.34. The standard InChI is InChI=1S/C23H17ClN2O4S/c1-30-18-13-11-17(12-14-18)26(23(27)19-8-2-3-9-20(19)24)31(28,29)21-10-4-6-16-7-5-15-25-22(16)21/h2-15H,1H3. The molecule has 0 saturated heterocycles. The average Bonchev–Trinajstić information content (AvgIpc) is 2.79. The monoisotopic (exact) mass is 452 g/mol. The van der Waals surface area contributed by atoms with E-state index in [1.807, 2.05) is 0 Å². The van der Waals surface area contributed by atoms with Gasteiger partial charge in [-0.3, -0.25) is 9.78 Å². The molecule has 0 saturated carbocycles. The van der Waals surface area contributed by atoms with Crippen LogP contribution in [0.3, 0.4) is 0 Å². The molecule has 1 heterocycles. The number of anilines is 1. The smallest absolute Gasteiger partial charge is 0.273 e. The van der Waals surface area contributed by atoms with Gasteiger partial charge in [0.05, 0.1) is 28.9 Å². The van der Waals surface area contributed by atoms with Crippen LogP contribution in [0.15, 0.2) is 90.0 Å². The Morgan fingerprint density at radius 2 is 1.65 bits per heavy atom. The summed E-state index contributed by atoms with van der Waals surface area (Å²) in [6.45, 7) is 0. The van der Waals surface area contributed by atoms with E-state index < -0.39 is 15.9 Å². The summed E-state index contributed by atoms with van der Waals surface area (Å²) in [4.78, 5) is 17.6. The minimum atomic E-state index is -4.34. The molecule has 0 atom stereocenters. The third-order valence-corrected chi connectivity index (χ3v) is 6.78. The Balaban J connectivity index is 1.95. The predicted octanol–water partition coefficient (Wildman–Crippen LogP) is 4.93. The molecule has 0 aliphatic carbocycles. The van der Waals surface area contributed by atoms with Crippen molar-refractivity contribution in [3.05, 3.63) is 95.6 Å². The quantitative estimate of drug-likeness (QED) is 0.429. The summed E-state index contributed by atoms with van der Waals surface area (Å²) < 4.78 is 33.5. The Labute approximate surface area is 184 Å². The number of benzene rings is 3. The van der Waals surface area contributed by atoms with Crippen molar-refractivity contribution in [3.63, 3.8) is 0 Å². The second-order valence-corrected chi connectivity index (χ2v) is 8.75. The molecule has 0 radical (unpaired) electrons. The number of hydrogen-bond acceptors (Lipinski definition) is 5. The van der Waals surface area contributed by atoms with Gasteiger partial charge in [0.1, 0.15) is 10.6 Å². The number of rotatable bonds is 5. The van der Waals surface area contributed by atoms with Gasteiger partial charge >= 0.3 is 0 Å². The average molecular weight is 453 g/mol. The SMILES string of the molecule is COc1ccc(N(C(=O)c2ccccc2Cl)S(=O)(=O)c2cccc3cccnc23)cc1. The minimum absolute atomic E-state index is 0.0664. The first-order valence-corrected chi connectivity index (χ1v) is 11.1. The van der Waals surface area contributed by atoms with E-state index in [0.717, 1.165) is 4.31 Å². The fraction of sp³-hybridized carbons (Fsp3) is 0.0435. The second kappa shape index (κ2) is 8.37. The van der Waals surface area contributed by atoms with Gasteiger partial charge in [-0.15, -0.1) is 0 Å². The highest BCUT2D eigenvalue weighted by atomic mass is 35.5. The number of sulfonamides is 1. The number of aromatic nitrogens is 1. The van der Waals surface area contributed by atoms with Gasteiger partial charge < -0.3 is 4.74 Å². The Bertz CT molecular complexity index is 1370. The zero-order valence-corrected chi connectivity index (χ0v) is 18.0. The summed E-state index contributed by atoms with van der Waals surface area (Å²) in [6.07, 6.45) is 1.51. The van der Waals surface area contributed by atoms with Crippen LogP contribution < -0.4 is 9.04 Å². The van der Waals surface area contributed by atoms with E-state index in [-0.39, 0.29) is 26.7 Å². The van der Waals surface area contributed by atoms with Gasteiger partial charge in [0, 0.05) is 11.6 Å². The Kier molecular flexibility index (Phi) is 5.63. The molecule has 0 aliphatic rings. The number of methoxy groups -OCH3 is 1. The molecule has 4 aromatic rings. The van der Waals surface area contributed by atoms with Gasteiger partial charge in [-0.1, -0.05) is 41.9 Å². The first kappa shape index (κ1) is 20.8. The van der Waals surface area contributed by atoms with Crippen LogP contribution in [0.2, 0.25) is 5.02 Å². The number of ether oxygens (including phenoxy) is 1. The Hall–Kier alpha value is -3.42. The summed E-state index contributed by atoms with van der Waals surface area (Å²) in [6, 6.07) is 20.8. The van der Waals surface area contributed by atoms with Crippen molar-refractivity contribution in [2.45, 2.75) is 4.90 Å². The topological polar surface area (TPSA) is 76.6 Å². The predicted molar refractivity (Wildman–Crippen MR) is 120 cm³/mol. The number of hydrogen-bond donors (Lipinski definition) is 0. The maximum absolute atomic E-state index is 13.8. The van der Waals surface area contributed by atoms with Gasteiger partial charge in [-0.05, 0) is 48.5 Å². The van der Waals surface area contributed by atoms with Crippen molar-refractivity contribution in [1.82, 2.24) is 4.98 Å². The number of carbonyl (C=O) groups is 1. The van der Waals surface area contributed by atoms with Crippen molar-refractivity contribution >= 4 is 44.1 Å². The Morgan fingerprint density at radius 1 is 0.935 bits per heavy atom. The molecule has 8 heteroatoms. The molecule has 1 aromatic heterocycles. The Morgan fingerprint density at radius 3 is 2.35 bits per heavy atom. The van der Waals surface area contributed by atoms with Gasteiger partial charge in [0.2, 0.25) is 0 Å².